The average molecular weight is 256 g/mol. The van der Waals surface area contributed by atoms with Gasteiger partial charge in [0.05, 0.1) is 23.5 Å². The van der Waals surface area contributed by atoms with Crippen LogP contribution in [0.2, 0.25) is 0 Å². The lowest BCUT2D eigenvalue weighted by Gasteiger charge is -2.20. The Morgan fingerprint density at radius 1 is 1.00 bits per heavy atom. The van der Waals surface area contributed by atoms with Crippen LogP contribution >= 0.6 is 0 Å². The predicted octanol–water partition coefficient (Wildman–Crippen LogP) is 1.64. The molecular formula is C11H6B3F3N2. The minimum absolute atomic E-state index is 0.126. The highest BCUT2D eigenvalue weighted by atomic mass is 19.4. The molecule has 0 bridgehead atoms. The smallest absolute Gasteiger partial charge is 0.291 e. The van der Waals surface area contributed by atoms with Crippen molar-refractivity contribution in [1.82, 2.24) is 9.78 Å². The molecule has 1 aromatic carbocycles. The lowest BCUT2D eigenvalue weighted by molar-refractivity contribution is -0.141. The first kappa shape index (κ1) is 13.8. The second kappa shape index (κ2) is 4.51. The van der Waals surface area contributed by atoms with E-state index in [1.165, 1.54) is 12.1 Å². The highest BCUT2D eigenvalue weighted by Crippen LogP contribution is 2.36. The number of halogens is 3. The third-order valence-electron chi connectivity index (χ3n) is 2.46. The van der Waals surface area contributed by atoms with Gasteiger partial charge in [-0.05, 0) is 10.8 Å². The van der Waals surface area contributed by atoms with Crippen LogP contribution in [0.15, 0.2) is 36.5 Å². The molecule has 0 aliphatic heterocycles. The number of aromatic nitrogens is 2. The normalized spacial score (nSPS) is 12.6. The first-order valence-corrected chi connectivity index (χ1v) is 5.29. The Bertz CT molecular complexity index is 573. The minimum Gasteiger partial charge on any atom is -0.291 e. The highest BCUT2D eigenvalue weighted by Gasteiger charge is 2.38. The van der Waals surface area contributed by atoms with Gasteiger partial charge in [-0.15, -0.1) is 0 Å². The van der Waals surface area contributed by atoms with E-state index in [1.807, 2.05) is 0 Å². The number of rotatable bonds is 2. The fourth-order valence-corrected chi connectivity index (χ4v) is 1.61. The monoisotopic (exact) mass is 256 g/mol. The van der Waals surface area contributed by atoms with Crippen LogP contribution in [-0.2, 0) is 11.4 Å². The molecule has 1 heterocycles. The van der Waals surface area contributed by atoms with Crippen LogP contribution in [0.1, 0.15) is 5.69 Å². The van der Waals surface area contributed by atoms with Crippen molar-refractivity contribution < 1.29 is 13.2 Å². The molecule has 0 saturated carbocycles. The molecule has 1 aromatic heterocycles. The second-order valence-electron chi connectivity index (χ2n) is 4.09. The number of benzene rings is 1. The largest absolute Gasteiger partial charge is 0.435 e. The summed E-state index contributed by atoms with van der Waals surface area (Å²) >= 11 is 0. The Hall–Kier alpha value is -1.59. The molecule has 90 valence electrons. The van der Waals surface area contributed by atoms with Crippen molar-refractivity contribution in [2.45, 2.75) is 11.4 Å². The van der Waals surface area contributed by atoms with Gasteiger partial charge in [-0.1, -0.05) is 30.3 Å². The van der Waals surface area contributed by atoms with Gasteiger partial charge in [0.1, 0.15) is 0 Å². The van der Waals surface area contributed by atoms with Crippen LogP contribution in [-0.4, -0.2) is 33.3 Å². The Balaban J connectivity index is 2.63. The van der Waals surface area contributed by atoms with Crippen LogP contribution in [0.3, 0.4) is 0 Å². The maximum atomic E-state index is 12.9. The van der Waals surface area contributed by atoms with E-state index in [-0.39, 0.29) is 5.56 Å². The maximum absolute atomic E-state index is 12.9. The molecule has 0 spiro atoms. The van der Waals surface area contributed by atoms with E-state index in [4.69, 9.17) is 23.5 Å². The molecule has 0 unspecified atom stereocenters. The van der Waals surface area contributed by atoms with Gasteiger partial charge in [-0.3, -0.25) is 4.68 Å². The molecule has 8 heteroatoms. The predicted molar refractivity (Wildman–Crippen MR) is 67.9 cm³/mol. The summed E-state index contributed by atoms with van der Waals surface area (Å²) in [5.41, 5.74) is -0.853. The fraction of sp³-hybridized carbons (Fsp3) is 0.182. The van der Waals surface area contributed by atoms with Gasteiger partial charge in [0.2, 0.25) is 0 Å². The zero-order valence-electron chi connectivity index (χ0n) is 9.72. The Morgan fingerprint density at radius 2 is 1.58 bits per heavy atom. The van der Waals surface area contributed by atoms with Crippen LogP contribution in [0.5, 0.6) is 0 Å². The average Bonchev–Trinajstić information content (AvgIpc) is 2.74. The number of nitrogens with zero attached hydrogens (tertiary/aromatic N) is 2. The van der Waals surface area contributed by atoms with Crippen molar-refractivity contribution in [2.75, 3.05) is 0 Å². The summed E-state index contributed by atoms with van der Waals surface area (Å²) in [6.07, 6.45) is -3.54. The molecule has 0 atom stereocenters. The van der Waals surface area contributed by atoms with E-state index >= 15 is 0 Å². The first-order valence-electron chi connectivity index (χ1n) is 5.29. The molecule has 0 fully saturated rings. The Labute approximate surface area is 112 Å². The lowest BCUT2D eigenvalue weighted by Crippen LogP contribution is -2.35. The van der Waals surface area contributed by atoms with Crippen LogP contribution in [0, 0.1) is 0 Å². The Morgan fingerprint density at radius 3 is 2.05 bits per heavy atom. The third kappa shape index (κ3) is 2.88. The zero-order valence-corrected chi connectivity index (χ0v) is 9.72. The number of hydrogen-bond donors (Lipinski definition) is 0. The molecule has 0 aliphatic carbocycles. The fourth-order valence-electron chi connectivity index (χ4n) is 1.61. The summed E-state index contributed by atoms with van der Waals surface area (Å²) in [5, 5.41) is 1.35. The summed E-state index contributed by atoms with van der Waals surface area (Å²) in [5.74, 6) is 0. The molecule has 0 N–H and O–H groups in total. The van der Waals surface area contributed by atoms with E-state index in [0.717, 1.165) is 6.20 Å². The Kier molecular flexibility index (Phi) is 3.28. The van der Waals surface area contributed by atoms with Crippen molar-refractivity contribution in [3.8, 4) is 11.1 Å². The number of hydrogen-bond acceptors (Lipinski definition) is 1. The molecule has 19 heavy (non-hydrogen) atoms. The van der Waals surface area contributed by atoms with Crippen molar-refractivity contribution in [3.05, 3.63) is 42.2 Å². The van der Waals surface area contributed by atoms with Crippen molar-refractivity contribution in [2.24, 2.45) is 0 Å². The van der Waals surface area contributed by atoms with Gasteiger partial charge in [0, 0.05) is 11.8 Å². The summed E-state index contributed by atoms with van der Waals surface area (Å²) in [6.45, 7) is 0. The van der Waals surface area contributed by atoms with E-state index < -0.39 is 17.1 Å². The zero-order chi connectivity index (χ0) is 14.3. The highest BCUT2D eigenvalue weighted by molar-refractivity contribution is 6.56. The SMILES string of the molecule is [B]C([B])([B])n1cc(-c2ccccc2)c(C(F)(F)F)n1. The van der Waals surface area contributed by atoms with Gasteiger partial charge >= 0.3 is 6.18 Å². The molecule has 0 saturated heterocycles. The van der Waals surface area contributed by atoms with E-state index in [9.17, 15) is 13.2 Å². The molecule has 0 aliphatic rings. The van der Waals surface area contributed by atoms with Gasteiger partial charge in [0.25, 0.3) is 0 Å². The summed E-state index contributed by atoms with van der Waals surface area (Å²) in [7, 11) is 16.0. The van der Waals surface area contributed by atoms with Gasteiger partial charge in [0.15, 0.2) is 5.69 Å². The summed E-state index contributed by atoms with van der Waals surface area (Å²) in [6, 6.07) is 7.99. The van der Waals surface area contributed by atoms with Crippen LogP contribution < -0.4 is 0 Å². The van der Waals surface area contributed by atoms with E-state index in [2.05, 4.69) is 5.10 Å². The summed E-state index contributed by atoms with van der Waals surface area (Å²) < 4.78 is 39.5. The van der Waals surface area contributed by atoms with Gasteiger partial charge in [-0.25, -0.2) is 0 Å². The molecule has 2 aromatic rings. The third-order valence-corrected chi connectivity index (χ3v) is 2.46. The number of alkyl halides is 3. The standard InChI is InChI=1S/C11H6B3F3N2/c12-11(13,14)19-6-8(7-4-2-1-3-5-7)9(18-19)10(15,16)17/h1-6H. The lowest BCUT2D eigenvalue weighted by atomic mass is 9.49. The van der Waals surface area contributed by atoms with Crippen molar-refractivity contribution in [3.63, 3.8) is 0 Å². The maximum Gasteiger partial charge on any atom is 0.435 e. The molecular weight excluding hydrogens is 250 g/mol. The van der Waals surface area contributed by atoms with Gasteiger partial charge in [-0.2, -0.15) is 18.3 Å². The first-order chi connectivity index (χ1) is 8.69. The molecule has 2 rings (SSSR count). The quantitative estimate of drug-likeness (QED) is 0.746. The van der Waals surface area contributed by atoms with E-state index in [1.54, 1.807) is 18.2 Å². The summed E-state index contributed by atoms with van der Waals surface area (Å²) in [4.78, 5) is 0. The minimum atomic E-state index is -4.62. The topological polar surface area (TPSA) is 17.8 Å². The molecule has 2 nitrogen and oxygen atoms in total. The van der Waals surface area contributed by atoms with Gasteiger partial charge < -0.3 is 0 Å². The van der Waals surface area contributed by atoms with Crippen molar-refractivity contribution >= 4 is 23.5 Å². The second-order valence-corrected chi connectivity index (χ2v) is 4.09. The van der Waals surface area contributed by atoms with E-state index in [0.29, 0.717) is 10.2 Å². The molecule has 6 radical (unpaired) electrons. The van der Waals surface area contributed by atoms with Crippen LogP contribution in [0.4, 0.5) is 13.2 Å². The molecule has 0 amide bonds. The van der Waals surface area contributed by atoms with Crippen LogP contribution in [0.25, 0.3) is 11.1 Å². The van der Waals surface area contributed by atoms with Crippen molar-refractivity contribution in [1.29, 1.82) is 0 Å².